The second-order valence-corrected chi connectivity index (χ2v) is 4.88. The van der Waals surface area contributed by atoms with E-state index in [1.807, 2.05) is 30.3 Å². The molecule has 0 radical (unpaired) electrons. The molecule has 0 aliphatic carbocycles. The van der Waals surface area contributed by atoms with Gasteiger partial charge in [0.2, 0.25) is 0 Å². The molecule has 98 valence electrons. The fraction of sp³-hybridized carbons (Fsp3) is 0.0714. The highest BCUT2D eigenvalue weighted by molar-refractivity contribution is 7.98. The molecule has 0 spiro atoms. The summed E-state index contributed by atoms with van der Waals surface area (Å²) in [6.45, 7) is 0. The molecule has 2 aromatic rings. The van der Waals surface area contributed by atoms with Gasteiger partial charge in [0.25, 0.3) is 0 Å². The largest absolute Gasteiger partial charge is 0.478 e. The molecule has 0 atom stereocenters. The molecule has 19 heavy (non-hydrogen) atoms. The molecular weight excluding hydrogens is 270 g/mol. The molecule has 0 amide bonds. The van der Waals surface area contributed by atoms with Gasteiger partial charge in [0.05, 0.1) is 5.56 Å². The Balaban J connectivity index is 2.24. The van der Waals surface area contributed by atoms with E-state index < -0.39 is 17.6 Å². The number of benzene rings is 2. The van der Waals surface area contributed by atoms with Crippen molar-refractivity contribution in [3.63, 3.8) is 0 Å². The molecule has 0 heterocycles. The van der Waals surface area contributed by atoms with Crippen LogP contribution in [0.3, 0.4) is 0 Å². The zero-order valence-corrected chi connectivity index (χ0v) is 10.6. The Morgan fingerprint density at radius 3 is 2.37 bits per heavy atom. The van der Waals surface area contributed by atoms with E-state index in [0.717, 1.165) is 17.0 Å². The molecule has 1 N–H and O–H groups in total. The van der Waals surface area contributed by atoms with E-state index in [-0.39, 0.29) is 16.9 Å². The van der Waals surface area contributed by atoms with Crippen LogP contribution in [0.15, 0.2) is 47.4 Å². The fourth-order valence-electron chi connectivity index (χ4n) is 1.58. The van der Waals surface area contributed by atoms with E-state index in [4.69, 9.17) is 5.11 Å². The van der Waals surface area contributed by atoms with E-state index in [1.165, 1.54) is 11.8 Å². The van der Waals surface area contributed by atoms with Crippen molar-refractivity contribution >= 4 is 17.7 Å². The van der Waals surface area contributed by atoms with Gasteiger partial charge in [-0.15, -0.1) is 11.8 Å². The first-order valence-corrected chi connectivity index (χ1v) is 6.45. The molecule has 0 saturated heterocycles. The lowest BCUT2D eigenvalue weighted by molar-refractivity contribution is 0.0695. The van der Waals surface area contributed by atoms with Gasteiger partial charge >= 0.3 is 5.97 Å². The van der Waals surface area contributed by atoms with Crippen LogP contribution in [0.5, 0.6) is 0 Å². The van der Waals surface area contributed by atoms with Crippen LogP contribution in [0.4, 0.5) is 8.78 Å². The molecule has 0 aliphatic heterocycles. The van der Waals surface area contributed by atoms with Gasteiger partial charge in [-0.25, -0.2) is 13.6 Å². The van der Waals surface area contributed by atoms with E-state index in [0.29, 0.717) is 0 Å². The summed E-state index contributed by atoms with van der Waals surface area (Å²) in [6.07, 6.45) is 0. The number of aromatic carboxylic acids is 1. The molecule has 5 heteroatoms. The predicted octanol–water partition coefficient (Wildman–Crippen LogP) is 3.96. The summed E-state index contributed by atoms with van der Waals surface area (Å²) in [4.78, 5) is 11.9. The average molecular weight is 280 g/mol. The minimum Gasteiger partial charge on any atom is -0.478 e. The monoisotopic (exact) mass is 280 g/mol. The van der Waals surface area contributed by atoms with Crippen molar-refractivity contribution in [2.45, 2.75) is 10.6 Å². The van der Waals surface area contributed by atoms with Crippen LogP contribution in [0.1, 0.15) is 15.9 Å². The van der Waals surface area contributed by atoms with Gasteiger partial charge in [0, 0.05) is 10.6 Å². The standard InChI is InChI=1S/C14H10F2O2S/c15-12-6-9(11(14(17)18)7-13(12)16)8-19-10-4-2-1-3-5-10/h1-7H,8H2,(H,17,18). The van der Waals surface area contributed by atoms with Crippen molar-refractivity contribution in [2.24, 2.45) is 0 Å². The zero-order valence-electron chi connectivity index (χ0n) is 9.77. The zero-order chi connectivity index (χ0) is 13.8. The van der Waals surface area contributed by atoms with Gasteiger partial charge in [-0.2, -0.15) is 0 Å². The molecule has 0 saturated carbocycles. The van der Waals surface area contributed by atoms with Crippen molar-refractivity contribution in [1.82, 2.24) is 0 Å². The van der Waals surface area contributed by atoms with Crippen LogP contribution >= 0.6 is 11.8 Å². The molecule has 2 aromatic carbocycles. The normalized spacial score (nSPS) is 10.4. The molecular formula is C14H10F2O2S. The maximum Gasteiger partial charge on any atom is 0.336 e. The Labute approximate surface area is 113 Å². The van der Waals surface area contributed by atoms with E-state index in [9.17, 15) is 13.6 Å². The second-order valence-electron chi connectivity index (χ2n) is 3.83. The number of carboxylic acids is 1. The number of thioether (sulfide) groups is 1. The minimum absolute atomic E-state index is 0.206. The maximum absolute atomic E-state index is 13.2. The topological polar surface area (TPSA) is 37.3 Å². The van der Waals surface area contributed by atoms with E-state index in [1.54, 1.807) is 0 Å². The molecule has 2 rings (SSSR count). The fourth-order valence-corrected chi connectivity index (χ4v) is 2.49. The van der Waals surface area contributed by atoms with Gasteiger partial charge in [0.15, 0.2) is 11.6 Å². The van der Waals surface area contributed by atoms with E-state index in [2.05, 4.69) is 0 Å². The second kappa shape index (κ2) is 5.84. The minimum atomic E-state index is -1.26. The number of carboxylic acid groups (broad SMARTS) is 1. The van der Waals surface area contributed by atoms with Crippen LogP contribution in [-0.2, 0) is 5.75 Å². The summed E-state index contributed by atoms with van der Waals surface area (Å²) in [6, 6.07) is 11.0. The SMILES string of the molecule is O=C(O)c1cc(F)c(F)cc1CSc1ccccc1. The van der Waals surface area contributed by atoms with Crippen LogP contribution in [0, 0.1) is 11.6 Å². The summed E-state index contributed by atoms with van der Waals surface area (Å²) < 4.78 is 26.2. The molecule has 2 nitrogen and oxygen atoms in total. The number of halogens is 2. The number of hydrogen-bond donors (Lipinski definition) is 1. The molecule has 0 aliphatic rings. The lowest BCUT2D eigenvalue weighted by atomic mass is 10.1. The van der Waals surface area contributed by atoms with Crippen LogP contribution in [0.2, 0.25) is 0 Å². The van der Waals surface area contributed by atoms with Gasteiger partial charge in [-0.3, -0.25) is 0 Å². The molecule has 0 bridgehead atoms. The van der Waals surface area contributed by atoms with Crippen molar-refractivity contribution in [1.29, 1.82) is 0 Å². The van der Waals surface area contributed by atoms with Crippen molar-refractivity contribution in [3.05, 3.63) is 65.2 Å². The van der Waals surface area contributed by atoms with Crippen molar-refractivity contribution < 1.29 is 18.7 Å². The molecule has 0 aromatic heterocycles. The Bertz CT molecular complexity index is 600. The van der Waals surface area contributed by atoms with Crippen molar-refractivity contribution in [3.8, 4) is 0 Å². The summed E-state index contributed by atoms with van der Waals surface area (Å²) in [7, 11) is 0. The maximum atomic E-state index is 13.2. The Kier molecular flexibility index (Phi) is 4.16. The average Bonchev–Trinajstić information content (AvgIpc) is 2.40. The molecule has 0 unspecified atom stereocenters. The highest BCUT2D eigenvalue weighted by atomic mass is 32.2. The number of rotatable bonds is 4. The van der Waals surface area contributed by atoms with Crippen molar-refractivity contribution in [2.75, 3.05) is 0 Å². The lowest BCUT2D eigenvalue weighted by Crippen LogP contribution is -2.04. The quantitative estimate of drug-likeness (QED) is 0.861. The summed E-state index contributed by atoms with van der Waals surface area (Å²) in [5.74, 6) is -3.18. The Morgan fingerprint density at radius 2 is 1.74 bits per heavy atom. The first-order valence-electron chi connectivity index (χ1n) is 5.47. The summed E-state index contributed by atoms with van der Waals surface area (Å²) in [5, 5.41) is 8.98. The van der Waals surface area contributed by atoms with Gasteiger partial charge in [-0.1, -0.05) is 18.2 Å². The Hall–Kier alpha value is -1.88. The van der Waals surface area contributed by atoms with Gasteiger partial charge in [-0.05, 0) is 29.8 Å². The third-order valence-corrected chi connectivity index (χ3v) is 3.57. The van der Waals surface area contributed by atoms with Crippen LogP contribution in [0.25, 0.3) is 0 Å². The highest BCUT2D eigenvalue weighted by Gasteiger charge is 2.15. The summed E-state index contributed by atoms with van der Waals surface area (Å²) in [5.41, 5.74) is 0.0579. The molecule has 0 fully saturated rings. The lowest BCUT2D eigenvalue weighted by Gasteiger charge is -2.07. The first-order chi connectivity index (χ1) is 9.08. The van der Waals surface area contributed by atoms with E-state index >= 15 is 0 Å². The van der Waals surface area contributed by atoms with Crippen LogP contribution < -0.4 is 0 Å². The number of carbonyl (C=O) groups is 1. The summed E-state index contributed by atoms with van der Waals surface area (Å²) >= 11 is 1.37. The van der Waals surface area contributed by atoms with Gasteiger partial charge in [0.1, 0.15) is 0 Å². The predicted molar refractivity (Wildman–Crippen MR) is 69.3 cm³/mol. The third-order valence-electron chi connectivity index (χ3n) is 2.51. The first kappa shape index (κ1) is 13.5. The third kappa shape index (κ3) is 3.32. The smallest absolute Gasteiger partial charge is 0.336 e. The van der Waals surface area contributed by atoms with Crippen LogP contribution in [-0.4, -0.2) is 11.1 Å². The van der Waals surface area contributed by atoms with Gasteiger partial charge < -0.3 is 5.11 Å². The number of hydrogen-bond acceptors (Lipinski definition) is 2. The Morgan fingerprint density at radius 1 is 1.11 bits per heavy atom. The highest BCUT2D eigenvalue weighted by Crippen LogP contribution is 2.25.